The molecule has 25 heavy (non-hydrogen) atoms. The van der Waals surface area contributed by atoms with E-state index in [2.05, 4.69) is 5.32 Å². The number of sulfonamides is 1. The fourth-order valence-corrected chi connectivity index (χ4v) is 3.34. The van der Waals surface area contributed by atoms with Gasteiger partial charge in [0.1, 0.15) is 6.61 Å². The van der Waals surface area contributed by atoms with E-state index in [0.29, 0.717) is 10.7 Å². The van der Waals surface area contributed by atoms with Crippen LogP contribution in [0.2, 0.25) is 5.02 Å². The maximum Gasteiger partial charge on any atom is 0.411 e. The molecule has 0 aliphatic rings. The fraction of sp³-hybridized carbons (Fsp3) is 0.235. The molecule has 0 atom stereocenters. The molecule has 0 aromatic heterocycles. The van der Waals surface area contributed by atoms with E-state index in [1.807, 2.05) is 6.92 Å². The second-order valence-electron chi connectivity index (χ2n) is 5.41. The van der Waals surface area contributed by atoms with Crippen LogP contribution >= 0.6 is 11.6 Å². The summed E-state index contributed by atoms with van der Waals surface area (Å²) in [5, 5.41) is 3.01. The highest BCUT2D eigenvalue weighted by Gasteiger charge is 2.20. The number of rotatable bonds is 6. The van der Waals surface area contributed by atoms with Gasteiger partial charge in [-0.3, -0.25) is 5.32 Å². The van der Waals surface area contributed by atoms with Crippen molar-refractivity contribution in [3.63, 3.8) is 0 Å². The Labute approximate surface area is 152 Å². The van der Waals surface area contributed by atoms with Gasteiger partial charge in [-0.05, 0) is 37.3 Å². The van der Waals surface area contributed by atoms with Crippen molar-refractivity contribution in [3.05, 3.63) is 59.1 Å². The molecule has 134 valence electrons. The molecule has 0 spiro atoms. The van der Waals surface area contributed by atoms with Gasteiger partial charge < -0.3 is 4.74 Å². The van der Waals surface area contributed by atoms with Gasteiger partial charge >= 0.3 is 6.09 Å². The van der Waals surface area contributed by atoms with Crippen molar-refractivity contribution in [1.82, 2.24) is 4.31 Å². The summed E-state index contributed by atoms with van der Waals surface area (Å²) in [6.45, 7) is 1.85. The molecule has 2 rings (SSSR count). The molecule has 0 radical (unpaired) electrons. The van der Waals surface area contributed by atoms with Gasteiger partial charge in [0.15, 0.2) is 0 Å². The molecule has 0 heterocycles. The molecule has 0 aliphatic carbocycles. The topological polar surface area (TPSA) is 75.7 Å². The van der Waals surface area contributed by atoms with Crippen LogP contribution in [0.4, 0.5) is 10.5 Å². The highest BCUT2D eigenvalue weighted by Crippen LogP contribution is 2.16. The van der Waals surface area contributed by atoms with Crippen molar-refractivity contribution in [3.8, 4) is 0 Å². The lowest BCUT2D eigenvalue weighted by Gasteiger charge is -2.17. The standard InChI is InChI=1S/C17H19ClN2O4S/c1-13-6-8-16(9-7-13)25(22,23)20(2)10-11-24-17(21)19-15-5-3-4-14(18)12-15/h3-9,12H,10-11H2,1-2H3,(H,19,21). The number of carbonyl (C=O) groups excluding carboxylic acids is 1. The first-order valence-electron chi connectivity index (χ1n) is 7.51. The van der Waals surface area contributed by atoms with E-state index in [0.717, 1.165) is 9.87 Å². The Bertz CT molecular complexity index is 838. The van der Waals surface area contributed by atoms with E-state index in [1.165, 1.54) is 7.05 Å². The van der Waals surface area contributed by atoms with Gasteiger partial charge in [-0.1, -0.05) is 35.4 Å². The van der Waals surface area contributed by atoms with E-state index in [4.69, 9.17) is 16.3 Å². The SMILES string of the molecule is Cc1ccc(S(=O)(=O)N(C)CCOC(=O)Nc2cccc(Cl)c2)cc1. The molecule has 0 aliphatic heterocycles. The van der Waals surface area contributed by atoms with E-state index < -0.39 is 16.1 Å². The number of halogens is 1. The molecule has 0 saturated heterocycles. The monoisotopic (exact) mass is 382 g/mol. The number of nitrogens with one attached hydrogen (secondary N) is 1. The average molecular weight is 383 g/mol. The van der Waals surface area contributed by atoms with Gasteiger partial charge in [0.05, 0.1) is 4.90 Å². The highest BCUT2D eigenvalue weighted by molar-refractivity contribution is 7.89. The molecule has 1 amide bonds. The van der Waals surface area contributed by atoms with Crippen molar-refractivity contribution >= 4 is 33.4 Å². The summed E-state index contributed by atoms with van der Waals surface area (Å²) in [6, 6.07) is 13.2. The van der Waals surface area contributed by atoms with E-state index in [9.17, 15) is 13.2 Å². The zero-order valence-electron chi connectivity index (χ0n) is 13.9. The minimum Gasteiger partial charge on any atom is -0.448 e. The summed E-state index contributed by atoms with van der Waals surface area (Å²) < 4.78 is 31.0. The van der Waals surface area contributed by atoms with Crippen molar-refractivity contribution in [2.24, 2.45) is 0 Å². The first-order chi connectivity index (χ1) is 11.8. The first kappa shape index (κ1) is 19.2. The number of aryl methyl sites for hydroxylation is 1. The number of carbonyl (C=O) groups is 1. The highest BCUT2D eigenvalue weighted by atomic mass is 35.5. The molecule has 8 heteroatoms. The minimum absolute atomic E-state index is 0.0408. The van der Waals surface area contributed by atoms with Gasteiger partial charge in [0.25, 0.3) is 0 Å². The molecular formula is C17H19ClN2O4S. The summed E-state index contributed by atoms with van der Waals surface area (Å²) in [7, 11) is -2.18. The van der Waals surface area contributed by atoms with Crippen LogP contribution in [0.25, 0.3) is 0 Å². The molecule has 2 aromatic rings. The predicted octanol–water partition coefficient (Wildman–Crippen LogP) is 3.52. The number of nitrogens with zero attached hydrogens (tertiary/aromatic N) is 1. The molecule has 0 saturated carbocycles. The smallest absolute Gasteiger partial charge is 0.411 e. The van der Waals surface area contributed by atoms with Crippen LogP contribution in [0.15, 0.2) is 53.4 Å². The van der Waals surface area contributed by atoms with Crippen LogP contribution < -0.4 is 5.32 Å². The van der Waals surface area contributed by atoms with Gasteiger partial charge in [-0.25, -0.2) is 13.2 Å². The Hall–Kier alpha value is -2.09. The third-order valence-corrected chi connectivity index (χ3v) is 5.55. The average Bonchev–Trinajstić information content (AvgIpc) is 2.55. The molecule has 0 bridgehead atoms. The zero-order valence-corrected chi connectivity index (χ0v) is 15.5. The molecule has 2 aromatic carbocycles. The predicted molar refractivity (Wildman–Crippen MR) is 97.4 cm³/mol. The number of likely N-dealkylation sites (N-methyl/N-ethyl adjacent to an activating group) is 1. The quantitative estimate of drug-likeness (QED) is 0.829. The number of benzene rings is 2. The molecular weight excluding hydrogens is 364 g/mol. The van der Waals surface area contributed by atoms with Crippen LogP contribution in [-0.4, -0.2) is 39.0 Å². The third-order valence-electron chi connectivity index (χ3n) is 3.44. The number of amides is 1. The van der Waals surface area contributed by atoms with E-state index in [1.54, 1.807) is 48.5 Å². The lowest BCUT2D eigenvalue weighted by atomic mass is 10.2. The van der Waals surface area contributed by atoms with Gasteiger partial charge in [0.2, 0.25) is 10.0 Å². The van der Waals surface area contributed by atoms with Gasteiger partial charge in [0, 0.05) is 24.3 Å². The lowest BCUT2D eigenvalue weighted by Crippen LogP contribution is -2.31. The first-order valence-corrected chi connectivity index (χ1v) is 9.33. The molecule has 6 nitrogen and oxygen atoms in total. The summed E-state index contributed by atoms with van der Waals surface area (Å²) in [4.78, 5) is 11.9. The minimum atomic E-state index is -3.61. The normalized spacial score (nSPS) is 11.4. The fourth-order valence-electron chi connectivity index (χ4n) is 2.00. The Morgan fingerprint density at radius 2 is 1.88 bits per heavy atom. The summed E-state index contributed by atoms with van der Waals surface area (Å²) in [5.74, 6) is 0. The summed E-state index contributed by atoms with van der Waals surface area (Å²) >= 11 is 5.83. The number of ether oxygens (including phenoxy) is 1. The van der Waals surface area contributed by atoms with Crippen molar-refractivity contribution in [1.29, 1.82) is 0 Å². The van der Waals surface area contributed by atoms with Gasteiger partial charge in [-0.15, -0.1) is 0 Å². The summed E-state index contributed by atoms with van der Waals surface area (Å²) in [5.41, 5.74) is 1.47. The Balaban J connectivity index is 1.86. The van der Waals surface area contributed by atoms with Crippen LogP contribution in [0.1, 0.15) is 5.56 Å². The Morgan fingerprint density at radius 1 is 1.20 bits per heavy atom. The van der Waals surface area contributed by atoms with Crippen LogP contribution in [0.5, 0.6) is 0 Å². The van der Waals surface area contributed by atoms with Crippen molar-refractivity contribution in [2.75, 3.05) is 25.5 Å². The number of hydrogen-bond donors (Lipinski definition) is 1. The van der Waals surface area contributed by atoms with E-state index in [-0.39, 0.29) is 18.0 Å². The van der Waals surface area contributed by atoms with Crippen LogP contribution in [0.3, 0.4) is 0 Å². The lowest BCUT2D eigenvalue weighted by molar-refractivity contribution is 0.156. The second-order valence-corrected chi connectivity index (χ2v) is 7.89. The Kier molecular flexibility index (Phi) is 6.41. The maximum atomic E-state index is 12.4. The molecule has 0 fully saturated rings. The third kappa shape index (κ3) is 5.45. The van der Waals surface area contributed by atoms with Crippen LogP contribution in [0, 0.1) is 6.92 Å². The zero-order chi connectivity index (χ0) is 18.4. The largest absolute Gasteiger partial charge is 0.448 e. The number of anilines is 1. The maximum absolute atomic E-state index is 12.4. The van der Waals surface area contributed by atoms with Gasteiger partial charge in [-0.2, -0.15) is 4.31 Å². The summed E-state index contributed by atoms with van der Waals surface area (Å²) in [6.07, 6.45) is -0.677. The number of hydrogen-bond acceptors (Lipinski definition) is 4. The molecule has 1 N–H and O–H groups in total. The Morgan fingerprint density at radius 3 is 2.52 bits per heavy atom. The van der Waals surface area contributed by atoms with Crippen molar-refractivity contribution in [2.45, 2.75) is 11.8 Å². The molecule has 0 unspecified atom stereocenters. The van der Waals surface area contributed by atoms with Crippen LogP contribution in [-0.2, 0) is 14.8 Å². The second kappa shape index (κ2) is 8.33. The van der Waals surface area contributed by atoms with E-state index >= 15 is 0 Å². The van der Waals surface area contributed by atoms with Crippen molar-refractivity contribution < 1.29 is 17.9 Å².